The number of methoxy groups -OCH3 is 1. The first-order valence-corrected chi connectivity index (χ1v) is 8.11. The van der Waals surface area contributed by atoms with Gasteiger partial charge in [-0.25, -0.2) is 0 Å². The minimum absolute atomic E-state index is 0.0687. The molecular weight excluding hydrogens is 320 g/mol. The highest BCUT2D eigenvalue weighted by Crippen LogP contribution is 2.36. The number of anilines is 2. The third-order valence-electron chi connectivity index (χ3n) is 4.09. The number of amides is 2. The van der Waals surface area contributed by atoms with Crippen molar-refractivity contribution in [3.05, 3.63) is 48.0 Å². The van der Waals surface area contributed by atoms with Crippen LogP contribution in [0, 0.1) is 0 Å². The first-order valence-electron chi connectivity index (χ1n) is 8.11. The molecule has 2 aromatic rings. The molecule has 1 heterocycles. The highest BCUT2D eigenvalue weighted by Gasteiger charge is 2.30. The van der Waals surface area contributed by atoms with Gasteiger partial charge in [-0.05, 0) is 38.1 Å². The average Bonchev–Trinajstić information content (AvgIpc) is 2.63. The Morgan fingerprint density at radius 1 is 1.28 bits per heavy atom. The lowest BCUT2D eigenvalue weighted by atomic mass is 10.1. The van der Waals surface area contributed by atoms with E-state index >= 15 is 0 Å². The predicted octanol–water partition coefficient (Wildman–Crippen LogP) is 3.08. The van der Waals surface area contributed by atoms with E-state index < -0.39 is 6.10 Å². The maximum atomic E-state index is 12.5. The van der Waals surface area contributed by atoms with Gasteiger partial charge in [0.1, 0.15) is 11.5 Å². The Balaban J connectivity index is 1.87. The van der Waals surface area contributed by atoms with E-state index in [0.29, 0.717) is 35.0 Å². The number of rotatable bonds is 4. The summed E-state index contributed by atoms with van der Waals surface area (Å²) in [6, 6.07) is 12.3. The molecule has 0 aliphatic carbocycles. The van der Waals surface area contributed by atoms with Crippen LogP contribution in [0.3, 0.4) is 0 Å². The number of nitrogens with zero attached hydrogens (tertiary/aromatic N) is 1. The van der Waals surface area contributed by atoms with Crippen molar-refractivity contribution < 1.29 is 19.1 Å². The van der Waals surface area contributed by atoms with E-state index in [9.17, 15) is 9.59 Å². The first kappa shape index (κ1) is 16.8. The zero-order valence-corrected chi connectivity index (χ0v) is 14.4. The van der Waals surface area contributed by atoms with Gasteiger partial charge in [0.2, 0.25) is 0 Å². The fourth-order valence-electron chi connectivity index (χ4n) is 2.85. The largest absolute Gasteiger partial charge is 0.496 e. The molecule has 6 heteroatoms. The van der Waals surface area contributed by atoms with Crippen LogP contribution in [0.1, 0.15) is 24.2 Å². The SMILES string of the molecule is CCN1C(=O)C(C)Oc2cc(NC(=O)c3ccccc3OC)ccc21. The fraction of sp³-hybridized carbons (Fsp3) is 0.263. The maximum Gasteiger partial charge on any atom is 0.267 e. The van der Waals surface area contributed by atoms with Crippen LogP contribution < -0.4 is 19.7 Å². The van der Waals surface area contributed by atoms with Gasteiger partial charge in [0, 0.05) is 18.3 Å². The first-order chi connectivity index (χ1) is 12.0. The monoisotopic (exact) mass is 340 g/mol. The molecule has 0 saturated heterocycles. The highest BCUT2D eigenvalue weighted by molar-refractivity contribution is 6.07. The second-order valence-corrected chi connectivity index (χ2v) is 5.68. The Morgan fingerprint density at radius 3 is 2.76 bits per heavy atom. The minimum Gasteiger partial charge on any atom is -0.496 e. The third kappa shape index (κ3) is 3.15. The van der Waals surface area contributed by atoms with Gasteiger partial charge in [-0.15, -0.1) is 0 Å². The van der Waals surface area contributed by atoms with Crippen molar-refractivity contribution in [1.82, 2.24) is 0 Å². The summed E-state index contributed by atoms with van der Waals surface area (Å²) in [4.78, 5) is 26.3. The Morgan fingerprint density at radius 2 is 2.04 bits per heavy atom. The van der Waals surface area contributed by atoms with Crippen LogP contribution in [0.5, 0.6) is 11.5 Å². The standard InChI is InChI=1S/C19H20N2O4/c1-4-21-15-10-9-13(11-17(15)25-12(2)19(21)23)20-18(22)14-7-5-6-8-16(14)24-3/h5-12H,4H2,1-3H3,(H,20,22). The van der Waals surface area contributed by atoms with E-state index in [1.807, 2.05) is 6.92 Å². The van der Waals surface area contributed by atoms with Gasteiger partial charge in [-0.1, -0.05) is 12.1 Å². The number of hydrogen-bond acceptors (Lipinski definition) is 4. The van der Waals surface area contributed by atoms with Crippen LogP contribution >= 0.6 is 0 Å². The number of hydrogen-bond donors (Lipinski definition) is 1. The summed E-state index contributed by atoms with van der Waals surface area (Å²) < 4.78 is 10.9. The number of nitrogens with one attached hydrogen (secondary N) is 1. The lowest BCUT2D eigenvalue weighted by Crippen LogP contribution is -2.44. The topological polar surface area (TPSA) is 67.9 Å². The Bertz CT molecular complexity index is 819. The summed E-state index contributed by atoms with van der Waals surface area (Å²) in [6.45, 7) is 4.19. The number of likely N-dealkylation sites (N-methyl/N-ethyl adjacent to an activating group) is 1. The maximum absolute atomic E-state index is 12.5. The summed E-state index contributed by atoms with van der Waals surface area (Å²) >= 11 is 0. The number of carbonyl (C=O) groups excluding carboxylic acids is 2. The Hall–Kier alpha value is -3.02. The molecule has 2 aromatic carbocycles. The zero-order chi connectivity index (χ0) is 18.0. The quantitative estimate of drug-likeness (QED) is 0.929. The Labute approximate surface area is 146 Å². The summed E-state index contributed by atoms with van der Waals surface area (Å²) in [5, 5.41) is 2.84. The lowest BCUT2D eigenvalue weighted by molar-refractivity contribution is -0.125. The van der Waals surface area contributed by atoms with E-state index in [-0.39, 0.29) is 11.8 Å². The highest BCUT2D eigenvalue weighted by atomic mass is 16.5. The molecule has 25 heavy (non-hydrogen) atoms. The fourth-order valence-corrected chi connectivity index (χ4v) is 2.85. The molecule has 1 unspecified atom stereocenters. The van der Waals surface area contributed by atoms with E-state index in [1.54, 1.807) is 54.3 Å². The molecule has 0 bridgehead atoms. The second-order valence-electron chi connectivity index (χ2n) is 5.68. The predicted molar refractivity (Wildman–Crippen MR) is 95.5 cm³/mol. The molecule has 1 aliphatic heterocycles. The van der Waals surface area contributed by atoms with Gasteiger partial charge >= 0.3 is 0 Å². The number of carbonyl (C=O) groups is 2. The van der Waals surface area contributed by atoms with Crippen molar-refractivity contribution in [3.63, 3.8) is 0 Å². The van der Waals surface area contributed by atoms with Crippen molar-refractivity contribution in [3.8, 4) is 11.5 Å². The van der Waals surface area contributed by atoms with Gasteiger partial charge < -0.3 is 19.7 Å². The van der Waals surface area contributed by atoms with Gasteiger partial charge in [-0.2, -0.15) is 0 Å². The second kappa shape index (κ2) is 6.84. The molecule has 3 rings (SSSR count). The average molecular weight is 340 g/mol. The van der Waals surface area contributed by atoms with Gasteiger partial charge in [-0.3, -0.25) is 9.59 Å². The molecule has 0 spiro atoms. The minimum atomic E-state index is -0.549. The van der Waals surface area contributed by atoms with Crippen molar-refractivity contribution in [1.29, 1.82) is 0 Å². The van der Waals surface area contributed by atoms with Crippen molar-refractivity contribution in [2.24, 2.45) is 0 Å². The number of ether oxygens (including phenoxy) is 2. The van der Waals surface area contributed by atoms with E-state index in [0.717, 1.165) is 0 Å². The summed E-state index contributed by atoms with van der Waals surface area (Å²) in [5.41, 5.74) is 1.75. The molecule has 2 amide bonds. The molecule has 1 N–H and O–H groups in total. The molecule has 6 nitrogen and oxygen atoms in total. The molecule has 0 aromatic heterocycles. The number of benzene rings is 2. The zero-order valence-electron chi connectivity index (χ0n) is 14.4. The normalized spacial score (nSPS) is 16.0. The van der Waals surface area contributed by atoms with Crippen LogP contribution in [0.2, 0.25) is 0 Å². The van der Waals surface area contributed by atoms with Gasteiger partial charge in [0.05, 0.1) is 18.4 Å². The summed E-state index contributed by atoms with van der Waals surface area (Å²) in [6.07, 6.45) is -0.549. The van der Waals surface area contributed by atoms with Crippen molar-refractivity contribution in [2.45, 2.75) is 20.0 Å². The molecule has 1 atom stereocenters. The van der Waals surface area contributed by atoms with Crippen LogP contribution in [0.4, 0.5) is 11.4 Å². The lowest BCUT2D eigenvalue weighted by Gasteiger charge is -2.32. The van der Waals surface area contributed by atoms with Crippen LogP contribution in [0.25, 0.3) is 0 Å². The number of fused-ring (bicyclic) bond motifs is 1. The summed E-state index contributed by atoms with van der Waals surface area (Å²) in [5.74, 6) is 0.739. The van der Waals surface area contributed by atoms with Crippen molar-refractivity contribution >= 4 is 23.2 Å². The molecule has 1 aliphatic rings. The molecule has 0 radical (unpaired) electrons. The van der Waals surface area contributed by atoms with E-state index in [2.05, 4.69) is 5.32 Å². The van der Waals surface area contributed by atoms with E-state index in [4.69, 9.17) is 9.47 Å². The summed E-state index contributed by atoms with van der Waals surface area (Å²) in [7, 11) is 1.52. The Kier molecular flexibility index (Phi) is 4.61. The van der Waals surface area contributed by atoms with Crippen LogP contribution in [-0.4, -0.2) is 31.6 Å². The molecular formula is C19H20N2O4. The molecule has 130 valence electrons. The molecule has 0 fully saturated rings. The smallest absolute Gasteiger partial charge is 0.267 e. The van der Waals surface area contributed by atoms with Gasteiger partial charge in [0.15, 0.2) is 6.10 Å². The third-order valence-corrected chi connectivity index (χ3v) is 4.09. The van der Waals surface area contributed by atoms with Crippen LogP contribution in [0.15, 0.2) is 42.5 Å². The van der Waals surface area contributed by atoms with Crippen LogP contribution in [-0.2, 0) is 4.79 Å². The number of para-hydroxylation sites is 1. The van der Waals surface area contributed by atoms with Crippen molar-refractivity contribution in [2.75, 3.05) is 23.9 Å². The van der Waals surface area contributed by atoms with Gasteiger partial charge in [0.25, 0.3) is 11.8 Å². The molecule has 0 saturated carbocycles. The van der Waals surface area contributed by atoms with E-state index in [1.165, 1.54) is 7.11 Å².